The van der Waals surface area contributed by atoms with Gasteiger partial charge in [-0.25, -0.2) is 30.4 Å². The molecular weight excluding hydrogens is 295 g/mol. The van der Waals surface area contributed by atoms with E-state index in [0.717, 1.165) is 0 Å². The summed E-state index contributed by atoms with van der Waals surface area (Å²) in [6, 6.07) is 0. The van der Waals surface area contributed by atoms with Crippen LogP contribution in [0, 0.1) is 29.1 Å². The maximum atomic E-state index is 13.2. The summed E-state index contributed by atoms with van der Waals surface area (Å²) in [6.45, 7) is -0.0648. The predicted octanol–water partition coefficient (Wildman–Crippen LogP) is 1.34. The lowest BCUT2D eigenvalue weighted by Crippen LogP contribution is -2.26. The molecule has 0 amide bonds. The van der Waals surface area contributed by atoms with Crippen LogP contribution in [0.15, 0.2) is 0 Å². The van der Waals surface area contributed by atoms with Crippen molar-refractivity contribution in [3.05, 3.63) is 29.1 Å². The molecule has 0 fully saturated rings. The normalized spacial score (nSPS) is 11.7. The van der Waals surface area contributed by atoms with E-state index in [1.54, 1.807) is 0 Å². The first-order valence-corrected chi connectivity index (χ1v) is 6.53. The van der Waals surface area contributed by atoms with Gasteiger partial charge in [0.25, 0.3) is 0 Å². The molecule has 0 unspecified atom stereocenters. The Labute approximate surface area is 105 Å². The van der Waals surface area contributed by atoms with Crippen LogP contribution in [-0.4, -0.2) is 27.8 Å². The van der Waals surface area contributed by atoms with Crippen molar-refractivity contribution in [2.75, 3.05) is 24.1 Å². The number of anilines is 1. The SMILES string of the molecule is CNCCS(=O)(=O)Nc1c(F)c(F)c(F)c(F)c1F. The smallest absolute Gasteiger partial charge is 0.234 e. The summed E-state index contributed by atoms with van der Waals surface area (Å²) in [5.41, 5.74) is -1.59. The van der Waals surface area contributed by atoms with Gasteiger partial charge in [0, 0.05) is 6.54 Å². The Hall–Kier alpha value is -1.42. The number of rotatable bonds is 5. The number of benzene rings is 1. The fraction of sp³-hybridized carbons (Fsp3) is 0.333. The Kier molecular flexibility index (Phi) is 4.69. The molecule has 0 aliphatic carbocycles. The van der Waals surface area contributed by atoms with Crippen molar-refractivity contribution in [2.24, 2.45) is 0 Å². The lowest BCUT2D eigenvalue weighted by atomic mass is 10.2. The summed E-state index contributed by atoms with van der Waals surface area (Å²) in [5.74, 6) is -11.8. The highest BCUT2D eigenvalue weighted by Crippen LogP contribution is 2.27. The Morgan fingerprint density at radius 1 is 0.895 bits per heavy atom. The quantitative estimate of drug-likeness (QED) is 0.490. The lowest BCUT2D eigenvalue weighted by molar-refractivity contribution is 0.382. The van der Waals surface area contributed by atoms with E-state index < -0.39 is 50.5 Å². The van der Waals surface area contributed by atoms with Gasteiger partial charge in [0.05, 0.1) is 5.75 Å². The van der Waals surface area contributed by atoms with Gasteiger partial charge >= 0.3 is 0 Å². The first-order chi connectivity index (χ1) is 8.71. The Balaban J connectivity index is 3.23. The highest BCUT2D eigenvalue weighted by molar-refractivity contribution is 7.92. The Bertz CT molecular complexity index is 562. The number of hydrogen-bond acceptors (Lipinski definition) is 3. The second-order valence-electron chi connectivity index (χ2n) is 3.47. The second kappa shape index (κ2) is 5.70. The molecule has 19 heavy (non-hydrogen) atoms. The molecule has 108 valence electrons. The van der Waals surface area contributed by atoms with Crippen LogP contribution < -0.4 is 10.0 Å². The topological polar surface area (TPSA) is 58.2 Å². The number of hydrogen-bond donors (Lipinski definition) is 2. The largest absolute Gasteiger partial charge is 0.319 e. The van der Waals surface area contributed by atoms with E-state index in [-0.39, 0.29) is 6.54 Å². The Morgan fingerprint density at radius 2 is 1.32 bits per heavy atom. The maximum Gasteiger partial charge on any atom is 0.234 e. The first-order valence-electron chi connectivity index (χ1n) is 4.87. The van der Waals surface area contributed by atoms with Crippen LogP contribution in [-0.2, 0) is 10.0 Å². The standard InChI is InChI=1S/C9H9F5N2O2S/c1-15-2-3-19(17,18)16-9-7(13)5(11)4(10)6(12)8(9)14/h15-16H,2-3H2,1H3. The fourth-order valence-electron chi connectivity index (χ4n) is 1.14. The fourth-order valence-corrected chi connectivity index (χ4v) is 2.20. The van der Waals surface area contributed by atoms with Gasteiger partial charge in [-0.15, -0.1) is 0 Å². The molecular formula is C9H9F5N2O2S. The zero-order valence-corrected chi connectivity index (χ0v) is 10.3. The minimum atomic E-state index is -4.24. The molecule has 0 saturated heterocycles. The summed E-state index contributed by atoms with van der Waals surface area (Å²) in [5, 5.41) is 2.46. The van der Waals surface area contributed by atoms with E-state index in [1.807, 2.05) is 0 Å². The zero-order valence-electron chi connectivity index (χ0n) is 9.53. The van der Waals surface area contributed by atoms with Gasteiger partial charge in [-0.2, -0.15) is 0 Å². The van der Waals surface area contributed by atoms with E-state index in [2.05, 4.69) is 5.32 Å². The van der Waals surface area contributed by atoms with E-state index >= 15 is 0 Å². The van der Waals surface area contributed by atoms with Crippen LogP contribution in [0.25, 0.3) is 0 Å². The highest BCUT2D eigenvalue weighted by Gasteiger charge is 2.28. The highest BCUT2D eigenvalue weighted by atomic mass is 32.2. The molecule has 1 aromatic rings. The molecule has 2 N–H and O–H groups in total. The van der Waals surface area contributed by atoms with Crippen LogP contribution in [0.1, 0.15) is 0 Å². The van der Waals surface area contributed by atoms with Crippen molar-refractivity contribution < 1.29 is 30.4 Å². The average Bonchev–Trinajstić information content (AvgIpc) is 2.37. The van der Waals surface area contributed by atoms with Crippen molar-refractivity contribution in [2.45, 2.75) is 0 Å². The van der Waals surface area contributed by atoms with Crippen molar-refractivity contribution >= 4 is 15.7 Å². The summed E-state index contributed by atoms with van der Waals surface area (Å²) < 4.78 is 88.8. The minimum absolute atomic E-state index is 0.0648. The van der Waals surface area contributed by atoms with Crippen molar-refractivity contribution in [1.29, 1.82) is 0 Å². The summed E-state index contributed by atoms with van der Waals surface area (Å²) in [6.07, 6.45) is 0. The molecule has 0 heterocycles. The molecule has 1 rings (SSSR count). The predicted molar refractivity (Wildman–Crippen MR) is 57.6 cm³/mol. The van der Waals surface area contributed by atoms with Crippen LogP contribution in [0.4, 0.5) is 27.6 Å². The van der Waals surface area contributed by atoms with Gasteiger partial charge < -0.3 is 5.32 Å². The van der Waals surface area contributed by atoms with Gasteiger partial charge in [0.1, 0.15) is 5.69 Å². The lowest BCUT2D eigenvalue weighted by Gasteiger charge is -2.11. The average molecular weight is 304 g/mol. The van der Waals surface area contributed by atoms with Gasteiger partial charge in [-0.1, -0.05) is 0 Å². The molecule has 0 atom stereocenters. The summed E-state index contributed by atoms with van der Waals surface area (Å²) >= 11 is 0. The third-order valence-electron chi connectivity index (χ3n) is 2.09. The number of halogens is 5. The molecule has 0 aliphatic rings. The molecule has 0 bridgehead atoms. The monoisotopic (exact) mass is 304 g/mol. The third kappa shape index (κ3) is 3.32. The molecule has 1 aromatic carbocycles. The van der Waals surface area contributed by atoms with E-state index in [4.69, 9.17) is 0 Å². The molecule has 0 spiro atoms. The van der Waals surface area contributed by atoms with Gasteiger partial charge in [0.2, 0.25) is 15.8 Å². The molecule has 0 aromatic heterocycles. The molecule has 10 heteroatoms. The van der Waals surface area contributed by atoms with E-state index in [1.165, 1.54) is 11.8 Å². The zero-order chi connectivity index (χ0) is 14.8. The van der Waals surface area contributed by atoms with Crippen molar-refractivity contribution in [3.8, 4) is 0 Å². The molecule has 4 nitrogen and oxygen atoms in total. The van der Waals surface area contributed by atoms with Crippen LogP contribution >= 0.6 is 0 Å². The van der Waals surface area contributed by atoms with E-state index in [9.17, 15) is 30.4 Å². The van der Waals surface area contributed by atoms with Crippen molar-refractivity contribution in [1.82, 2.24) is 5.32 Å². The Morgan fingerprint density at radius 3 is 1.74 bits per heavy atom. The molecule has 0 saturated carbocycles. The number of sulfonamides is 1. The summed E-state index contributed by atoms with van der Waals surface area (Å²) in [4.78, 5) is 0. The minimum Gasteiger partial charge on any atom is -0.319 e. The van der Waals surface area contributed by atoms with Crippen LogP contribution in [0.3, 0.4) is 0 Å². The number of nitrogens with one attached hydrogen (secondary N) is 2. The van der Waals surface area contributed by atoms with E-state index in [0.29, 0.717) is 0 Å². The van der Waals surface area contributed by atoms with Crippen molar-refractivity contribution in [3.63, 3.8) is 0 Å². The molecule has 0 radical (unpaired) electrons. The van der Waals surface area contributed by atoms with Crippen LogP contribution in [0.5, 0.6) is 0 Å². The maximum absolute atomic E-state index is 13.2. The second-order valence-corrected chi connectivity index (χ2v) is 5.31. The molecule has 0 aliphatic heterocycles. The van der Waals surface area contributed by atoms with Crippen LogP contribution in [0.2, 0.25) is 0 Å². The van der Waals surface area contributed by atoms with Gasteiger partial charge in [-0.3, -0.25) is 4.72 Å². The third-order valence-corrected chi connectivity index (χ3v) is 3.34. The summed E-state index contributed by atoms with van der Waals surface area (Å²) in [7, 11) is -2.81. The van der Waals surface area contributed by atoms with Gasteiger partial charge in [-0.05, 0) is 7.05 Å². The first kappa shape index (κ1) is 15.6. The van der Waals surface area contributed by atoms with Gasteiger partial charge in [0.15, 0.2) is 23.3 Å².